The number of hydrogen-bond acceptors (Lipinski definition) is 4. The predicted octanol–water partition coefficient (Wildman–Crippen LogP) is 2.26. The molecule has 1 aromatic rings. The van der Waals surface area contributed by atoms with Crippen LogP contribution in [0.4, 0.5) is 5.69 Å². The molecular formula is C15H19NO3. The van der Waals surface area contributed by atoms with Crippen molar-refractivity contribution in [2.75, 3.05) is 24.7 Å². The van der Waals surface area contributed by atoms with E-state index in [9.17, 15) is 4.79 Å². The van der Waals surface area contributed by atoms with Crippen LogP contribution in [0.3, 0.4) is 0 Å². The van der Waals surface area contributed by atoms with Crippen molar-refractivity contribution in [3.8, 4) is 11.5 Å². The molecule has 0 amide bonds. The highest BCUT2D eigenvalue weighted by Gasteiger charge is 2.31. The van der Waals surface area contributed by atoms with E-state index >= 15 is 0 Å². The molecule has 102 valence electrons. The monoisotopic (exact) mass is 261 g/mol. The lowest BCUT2D eigenvalue weighted by Gasteiger charge is -2.39. The van der Waals surface area contributed by atoms with Gasteiger partial charge < -0.3 is 14.4 Å². The number of rotatable bonds is 1. The second-order valence-corrected chi connectivity index (χ2v) is 5.27. The maximum absolute atomic E-state index is 11.7. The number of nitrogens with zero attached hydrogens (tertiary/aromatic N) is 1. The second kappa shape index (κ2) is 4.76. The molecule has 2 unspecified atom stereocenters. The summed E-state index contributed by atoms with van der Waals surface area (Å²) < 4.78 is 11.2. The number of piperidine rings is 1. The van der Waals surface area contributed by atoms with Crippen molar-refractivity contribution < 1.29 is 14.3 Å². The molecule has 4 heteroatoms. The van der Waals surface area contributed by atoms with E-state index in [1.165, 1.54) is 0 Å². The molecule has 1 aromatic carbocycles. The van der Waals surface area contributed by atoms with Gasteiger partial charge in [0.2, 0.25) is 0 Å². The van der Waals surface area contributed by atoms with Gasteiger partial charge in [-0.15, -0.1) is 0 Å². The fourth-order valence-corrected chi connectivity index (χ4v) is 2.78. The third-order valence-electron chi connectivity index (χ3n) is 4.18. The summed E-state index contributed by atoms with van der Waals surface area (Å²) in [6, 6.07) is 6.25. The smallest absolute Gasteiger partial charge is 0.163 e. The first-order valence-corrected chi connectivity index (χ1v) is 6.86. The number of hydrogen-bond donors (Lipinski definition) is 0. The van der Waals surface area contributed by atoms with Crippen LogP contribution >= 0.6 is 0 Å². The quantitative estimate of drug-likeness (QED) is 0.777. The number of fused-ring (bicyclic) bond motifs is 1. The van der Waals surface area contributed by atoms with E-state index in [2.05, 4.69) is 11.8 Å². The zero-order chi connectivity index (χ0) is 13.4. The van der Waals surface area contributed by atoms with E-state index in [0.29, 0.717) is 25.4 Å². The van der Waals surface area contributed by atoms with Crippen molar-refractivity contribution in [3.05, 3.63) is 18.2 Å². The maximum atomic E-state index is 11.7. The number of carbonyl (C=O) groups is 1. The Morgan fingerprint density at radius 2 is 1.89 bits per heavy atom. The van der Waals surface area contributed by atoms with E-state index in [1.807, 2.05) is 25.1 Å². The maximum Gasteiger partial charge on any atom is 0.163 e. The number of Topliss-reactive ketones (excluding diaryl/α,β-unsaturated/α-hetero) is 1. The van der Waals surface area contributed by atoms with Crippen LogP contribution in [0.1, 0.15) is 20.3 Å². The van der Waals surface area contributed by atoms with E-state index in [-0.39, 0.29) is 12.0 Å². The van der Waals surface area contributed by atoms with Gasteiger partial charge in [-0.2, -0.15) is 0 Å². The van der Waals surface area contributed by atoms with Gasteiger partial charge in [0.15, 0.2) is 11.5 Å². The molecule has 19 heavy (non-hydrogen) atoms. The fraction of sp³-hybridized carbons (Fsp3) is 0.533. The Morgan fingerprint density at radius 1 is 1.16 bits per heavy atom. The number of anilines is 1. The average molecular weight is 261 g/mol. The highest BCUT2D eigenvalue weighted by Crippen LogP contribution is 2.36. The fourth-order valence-electron chi connectivity index (χ4n) is 2.78. The van der Waals surface area contributed by atoms with Crippen molar-refractivity contribution in [1.82, 2.24) is 0 Å². The molecule has 2 heterocycles. The molecule has 1 fully saturated rings. The molecule has 2 aliphatic rings. The first-order chi connectivity index (χ1) is 9.16. The Morgan fingerprint density at radius 3 is 2.68 bits per heavy atom. The average Bonchev–Trinajstić information content (AvgIpc) is 2.44. The summed E-state index contributed by atoms with van der Waals surface area (Å²) in [7, 11) is 0. The largest absolute Gasteiger partial charge is 0.486 e. The minimum absolute atomic E-state index is 0.0851. The molecule has 0 aromatic heterocycles. The van der Waals surface area contributed by atoms with Crippen molar-refractivity contribution in [2.24, 2.45) is 5.92 Å². The van der Waals surface area contributed by atoms with E-state index < -0.39 is 0 Å². The lowest BCUT2D eigenvalue weighted by molar-refractivity contribution is -0.123. The number of ketones is 1. The lowest BCUT2D eigenvalue weighted by atomic mass is 9.90. The normalized spacial score (nSPS) is 26.4. The Bertz CT molecular complexity index is 500. The Labute approximate surface area is 113 Å². The molecule has 4 nitrogen and oxygen atoms in total. The first kappa shape index (κ1) is 12.3. The van der Waals surface area contributed by atoms with Gasteiger partial charge >= 0.3 is 0 Å². The van der Waals surface area contributed by atoms with Crippen molar-refractivity contribution in [1.29, 1.82) is 0 Å². The molecular weight excluding hydrogens is 242 g/mol. The number of ether oxygens (including phenoxy) is 2. The van der Waals surface area contributed by atoms with Crippen molar-refractivity contribution in [3.63, 3.8) is 0 Å². The molecule has 0 saturated carbocycles. The Balaban J connectivity index is 1.87. The summed E-state index contributed by atoms with van der Waals surface area (Å²) in [4.78, 5) is 14.0. The summed E-state index contributed by atoms with van der Waals surface area (Å²) in [5, 5.41) is 0. The predicted molar refractivity (Wildman–Crippen MR) is 73.0 cm³/mol. The molecule has 0 spiro atoms. The van der Waals surface area contributed by atoms with E-state index in [1.54, 1.807) is 0 Å². The SMILES string of the molecule is CC1C(=O)CCN(c2ccc3c(c2)OCCO3)C1C. The van der Waals surface area contributed by atoms with Crippen LogP contribution in [0.5, 0.6) is 11.5 Å². The molecule has 0 bridgehead atoms. The molecule has 0 N–H and O–H groups in total. The van der Waals surface area contributed by atoms with Crippen LogP contribution < -0.4 is 14.4 Å². The van der Waals surface area contributed by atoms with Gasteiger partial charge in [-0.3, -0.25) is 4.79 Å². The third-order valence-corrected chi connectivity index (χ3v) is 4.18. The number of benzene rings is 1. The van der Waals surface area contributed by atoms with Gasteiger partial charge in [0.25, 0.3) is 0 Å². The minimum Gasteiger partial charge on any atom is -0.486 e. The molecule has 0 aliphatic carbocycles. The molecule has 2 atom stereocenters. The van der Waals surface area contributed by atoms with Crippen LogP contribution in [-0.4, -0.2) is 31.6 Å². The van der Waals surface area contributed by atoms with Gasteiger partial charge in [-0.05, 0) is 19.1 Å². The molecule has 2 aliphatic heterocycles. The molecule has 3 rings (SSSR count). The second-order valence-electron chi connectivity index (χ2n) is 5.27. The van der Waals surface area contributed by atoms with Gasteiger partial charge in [0.05, 0.1) is 0 Å². The van der Waals surface area contributed by atoms with Crippen LogP contribution in [0.15, 0.2) is 18.2 Å². The van der Waals surface area contributed by atoms with Gasteiger partial charge in [-0.25, -0.2) is 0 Å². The minimum atomic E-state index is 0.0851. The summed E-state index contributed by atoms with van der Waals surface area (Å²) in [5.74, 6) is 2.06. The summed E-state index contributed by atoms with van der Waals surface area (Å²) in [6.07, 6.45) is 0.625. The highest BCUT2D eigenvalue weighted by molar-refractivity contribution is 5.84. The Kier molecular flexibility index (Phi) is 3.09. The summed E-state index contributed by atoms with van der Waals surface area (Å²) in [6.45, 7) is 6.11. The third kappa shape index (κ3) is 2.15. The number of carbonyl (C=O) groups excluding carboxylic acids is 1. The zero-order valence-electron chi connectivity index (χ0n) is 11.4. The van der Waals surface area contributed by atoms with E-state index in [4.69, 9.17) is 9.47 Å². The first-order valence-electron chi connectivity index (χ1n) is 6.86. The van der Waals surface area contributed by atoms with Crippen molar-refractivity contribution >= 4 is 11.5 Å². The van der Waals surface area contributed by atoms with Gasteiger partial charge in [0.1, 0.15) is 19.0 Å². The van der Waals surface area contributed by atoms with Crippen LogP contribution in [0.25, 0.3) is 0 Å². The lowest BCUT2D eigenvalue weighted by Crippen LogP contribution is -2.47. The van der Waals surface area contributed by atoms with Crippen LogP contribution in [-0.2, 0) is 4.79 Å². The standard InChI is InChI=1S/C15H19NO3/c1-10-11(2)16(6-5-13(10)17)12-3-4-14-15(9-12)19-8-7-18-14/h3-4,9-11H,5-8H2,1-2H3. The van der Waals surface area contributed by atoms with Gasteiger partial charge in [0, 0.05) is 36.7 Å². The van der Waals surface area contributed by atoms with Crippen LogP contribution in [0, 0.1) is 5.92 Å². The summed E-state index contributed by atoms with van der Waals surface area (Å²) in [5.41, 5.74) is 1.11. The Hall–Kier alpha value is -1.71. The van der Waals surface area contributed by atoms with Crippen LogP contribution in [0.2, 0.25) is 0 Å². The van der Waals surface area contributed by atoms with Crippen molar-refractivity contribution in [2.45, 2.75) is 26.3 Å². The van der Waals surface area contributed by atoms with Gasteiger partial charge in [-0.1, -0.05) is 6.92 Å². The van der Waals surface area contributed by atoms with E-state index in [0.717, 1.165) is 23.7 Å². The molecule has 0 radical (unpaired) electrons. The highest BCUT2D eigenvalue weighted by atomic mass is 16.6. The summed E-state index contributed by atoms with van der Waals surface area (Å²) >= 11 is 0. The molecule has 1 saturated heterocycles. The zero-order valence-corrected chi connectivity index (χ0v) is 11.4. The topological polar surface area (TPSA) is 38.8 Å².